The van der Waals surface area contributed by atoms with Gasteiger partial charge in [-0.3, -0.25) is 19.3 Å². The van der Waals surface area contributed by atoms with Gasteiger partial charge >= 0.3 is 0 Å². The molecule has 2 heterocycles. The molecule has 0 radical (unpaired) electrons. The molecule has 3 amide bonds. The highest BCUT2D eigenvalue weighted by Gasteiger charge is 2.36. The van der Waals surface area contributed by atoms with Crippen LogP contribution in [0.3, 0.4) is 0 Å². The lowest BCUT2D eigenvalue weighted by Crippen LogP contribution is -2.41. The van der Waals surface area contributed by atoms with Gasteiger partial charge in [0.15, 0.2) is 11.5 Å². The van der Waals surface area contributed by atoms with Crippen molar-refractivity contribution in [3.8, 4) is 17.2 Å². The minimum Gasteiger partial charge on any atom is -0.496 e. The topological polar surface area (TPSA) is 103 Å². The smallest absolute Gasteiger partial charge is 0.294 e. The van der Waals surface area contributed by atoms with Crippen molar-refractivity contribution in [2.24, 2.45) is 0 Å². The Morgan fingerprint density at radius 3 is 2.53 bits per heavy atom. The van der Waals surface area contributed by atoms with Gasteiger partial charge in [-0.05, 0) is 36.7 Å². The molecule has 0 aromatic heterocycles. The van der Waals surface area contributed by atoms with Crippen LogP contribution in [0.25, 0.3) is 6.08 Å². The van der Waals surface area contributed by atoms with Crippen LogP contribution in [0.15, 0.2) is 17.0 Å². The van der Waals surface area contributed by atoms with Crippen molar-refractivity contribution in [3.63, 3.8) is 0 Å². The van der Waals surface area contributed by atoms with Crippen LogP contribution >= 0.6 is 11.8 Å². The van der Waals surface area contributed by atoms with Crippen LogP contribution in [0, 0.1) is 0 Å². The van der Waals surface area contributed by atoms with Crippen molar-refractivity contribution >= 4 is 34.9 Å². The van der Waals surface area contributed by atoms with Crippen LogP contribution in [0.5, 0.6) is 17.2 Å². The minimum absolute atomic E-state index is 0.0127. The summed E-state index contributed by atoms with van der Waals surface area (Å²) in [6, 6.07) is 3.29. The zero-order valence-electron chi connectivity index (χ0n) is 17.1. The van der Waals surface area contributed by atoms with Crippen LogP contribution in [-0.4, -0.2) is 69.1 Å². The number of imide groups is 1. The van der Waals surface area contributed by atoms with Gasteiger partial charge in [0.25, 0.3) is 11.1 Å². The summed E-state index contributed by atoms with van der Waals surface area (Å²) in [5, 5.41) is 2.21. The minimum atomic E-state index is -0.533. The lowest BCUT2D eigenvalue weighted by atomic mass is 10.1. The average molecular weight is 436 g/mol. The monoisotopic (exact) mass is 436 g/mol. The summed E-state index contributed by atoms with van der Waals surface area (Å²) in [6.45, 7) is 0.722. The molecule has 10 heteroatoms. The molecule has 162 valence electrons. The average Bonchev–Trinajstić information content (AvgIpc) is 3.36. The molecule has 0 saturated carbocycles. The molecule has 2 aliphatic rings. The van der Waals surface area contributed by atoms with Crippen LogP contribution in [-0.2, 0) is 14.3 Å². The lowest BCUT2D eigenvalue weighted by Gasteiger charge is -2.14. The lowest BCUT2D eigenvalue weighted by molar-refractivity contribution is -0.129. The van der Waals surface area contributed by atoms with E-state index in [1.165, 1.54) is 27.4 Å². The molecular formula is C20H24N2O7S. The first-order chi connectivity index (χ1) is 14.5. The number of carbonyl (C=O) groups excluding carboxylic acids is 3. The number of carbonyl (C=O) groups is 3. The number of amides is 3. The summed E-state index contributed by atoms with van der Waals surface area (Å²) < 4.78 is 21.3. The SMILES string of the molecule is COc1cc(OC)c(OC)cc1/C=C1\SC(=O)N(CC(=O)NC[C@H]2CCCO2)C1=O. The molecule has 1 N–H and O–H groups in total. The first-order valence-corrected chi connectivity index (χ1v) is 10.2. The number of hydrogen-bond donors (Lipinski definition) is 1. The van der Waals surface area contributed by atoms with Crippen molar-refractivity contribution in [2.75, 3.05) is 41.0 Å². The third-order valence-corrected chi connectivity index (χ3v) is 5.66. The number of methoxy groups -OCH3 is 3. The molecule has 0 bridgehead atoms. The van der Waals surface area contributed by atoms with Gasteiger partial charge < -0.3 is 24.3 Å². The highest BCUT2D eigenvalue weighted by atomic mass is 32.2. The van der Waals surface area contributed by atoms with Crippen LogP contribution < -0.4 is 19.5 Å². The van der Waals surface area contributed by atoms with E-state index in [0.717, 1.165) is 29.5 Å². The second-order valence-corrected chi connectivity index (χ2v) is 7.65. The van der Waals surface area contributed by atoms with E-state index in [9.17, 15) is 14.4 Å². The van der Waals surface area contributed by atoms with Crippen molar-refractivity contribution in [2.45, 2.75) is 18.9 Å². The van der Waals surface area contributed by atoms with E-state index >= 15 is 0 Å². The number of nitrogens with zero attached hydrogens (tertiary/aromatic N) is 1. The summed E-state index contributed by atoms with van der Waals surface area (Å²) in [5.74, 6) is 0.445. The van der Waals surface area contributed by atoms with Crippen molar-refractivity contribution < 1.29 is 33.3 Å². The largest absolute Gasteiger partial charge is 0.496 e. The third kappa shape index (κ3) is 4.88. The fraction of sp³-hybridized carbons (Fsp3) is 0.450. The molecule has 30 heavy (non-hydrogen) atoms. The molecule has 0 aliphatic carbocycles. The Hall–Kier alpha value is -2.72. The molecule has 2 aliphatic heterocycles. The van der Waals surface area contributed by atoms with Gasteiger partial charge in [-0.2, -0.15) is 0 Å². The highest BCUT2D eigenvalue weighted by molar-refractivity contribution is 8.18. The summed E-state index contributed by atoms with van der Waals surface area (Å²) in [5.41, 5.74) is 0.545. The molecule has 1 aromatic carbocycles. The number of thioether (sulfide) groups is 1. The predicted octanol–water partition coefficient (Wildman–Crippen LogP) is 2.04. The number of hydrogen-bond acceptors (Lipinski definition) is 8. The number of rotatable bonds is 8. The van der Waals surface area contributed by atoms with Gasteiger partial charge in [-0.25, -0.2) is 0 Å². The molecule has 0 unspecified atom stereocenters. The van der Waals surface area contributed by atoms with E-state index < -0.39 is 17.1 Å². The summed E-state index contributed by atoms with van der Waals surface area (Å²) in [4.78, 5) is 38.3. The summed E-state index contributed by atoms with van der Waals surface area (Å²) in [7, 11) is 4.49. The molecule has 9 nitrogen and oxygen atoms in total. The van der Waals surface area contributed by atoms with Crippen molar-refractivity contribution in [3.05, 3.63) is 22.6 Å². The second-order valence-electron chi connectivity index (χ2n) is 6.66. The number of nitrogens with one attached hydrogen (secondary N) is 1. The van der Waals surface area contributed by atoms with E-state index in [1.807, 2.05) is 0 Å². The zero-order valence-corrected chi connectivity index (χ0v) is 17.9. The maximum atomic E-state index is 12.7. The highest BCUT2D eigenvalue weighted by Crippen LogP contribution is 2.38. The van der Waals surface area contributed by atoms with E-state index in [0.29, 0.717) is 36.0 Å². The Balaban J connectivity index is 1.72. The molecular weight excluding hydrogens is 412 g/mol. The Kier molecular flexibility index (Phi) is 7.22. The zero-order chi connectivity index (χ0) is 21.7. The van der Waals surface area contributed by atoms with Crippen LogP contribution in [0.1, 0.15) is 18.4 Å². The van der Waals surface area contributed by atoms with E-state index in [2.05, 4.69) is 5.32 Å². The Labute approximate surface area is 178 Å². The standard InChI is InChI=1S/C20H24N2O7S/c1-26-14-9-16(28-3)15(27-2)7-12(14)8-17-19(24)22(20(25)30-17)11-18(23)21-10-13-5-4-6-29-13/h7-9,13H,4-6,10-11H2,1-3H3,(H,21,23)/b17-8-/t13-/m1/s1. The number of ether oxygens (including phenoxy) is 4. The van der Waals surface area contributed by atoms with Crippen LogP contribution in [0.2, 0.25) is 0 Å². The molecule has 1 atom stereocenters. The predicted molar refractivity (Wildman–Crippen MR) is 111 cm³/mol. The Morgan fingerprint density at radius 2 is 1.90 bits per heavy atom. The van der Waals surface area contributed by atoms with Gasteiger partial charge in [0, 0.05) is 24.8 Å². The van der Waals surface area contributed by atoms with Gasteiger partial charge in [0.2, 0.25) is 5.91 Å². The van der Waals surface area contributed by atoms with Gasteiger partial charge in [0.05, 0.1) is 32.3 Å². The van der Waals surface area contributed by atoms with Crippen molar-refractivity contribution in [1.29, 1.82) is 0 Å². The summed E-state index contributed by atoms with van der Waals surface area (Å²) >= 11 is 0.771. The van der Waals surface area contributed by atoms with Gasteiger partial charge in [0.1, 0.15) is 12.3 Å². The fourth-order valence-electron chi connectivity index (χ4n) is 3.18. The third-order valence-electron chi connectivity index (χ3n) is 4.75. The van der Waals surface area contributed by atoms with Crippen LogP contribution in [0.4, 0.5) is 4.79 Å². The maximum Gasteiger partial charge on any atom is 0.294 e. The van der Waals surface area contributed by atoms with Crippen molar-refractivity contribution in [1.82, 2.24) is 10.2 Å². The molecule has 0 spiro atoms. The normalized spacial score (nSPS) is 20.0. The first kappa shape index (κ1) is 22.0. The second kappa shape index (κ2) is 9.86. The first-order valence-electron chi connectivity index (χ1n) is 9.40. The van der Waals surface area contributed by atoms with Gasteiger partial charge in [-0.15, -0.1) is 0 Å². The molecule has 2 fully saturated rings. The van der Waals surface area contributed by atoms with E-state index in [-0.39, 0.29) is 17.6 Å². The maximum absolute atomic E-state index is 12.7. The Morgan fingerprint density at radius 1 is 1.20 bits per heavy atom. The molecule has 1 aromatic rings. The molecule has 2 saturated heterocycles. The number of benzene rings is 1. The van der Waals surface area contributed by atoms with Gasteiger partial charge in [-0.1, -0.05) is 0 Å². The summed E-state index contributed by atoms with van der Waals surface area (Å²) in [6.07, 6.45) is 3.38. The Bertz CT molecular complexity index is 865. The molecule has 3 rings (SSSR count). The van der Waals surface area contributed by atoms with E-state index in [4.69, 9.17) is 18.9 Å². The van der Waals surface area contributed by atoms with E-state index in [1.54, 1.807) is 12.1 Å². The quantitative estimate of drug-likeness (QED) is 0.618. The fourth-order valence-corrected chi connectivity index (χ4v) is 4.00.